The van der Waals surface area contributed by atoms with Crippen LogP contribution < -0.4 is 10.1 Å². The molecule has 2 aromatic carbocycles. The summed E-state index contributed by atoms with van der Waals surface area (Å²) in [5.41, 5.74) is 4.37. The first-order chi connectivity index (χ1) is 14.6. The van der Waals surface area contributed by atoms with E-state index in [9.17, 15) is 5.11 Å². The minimum absolute atomic E-state index is 0.0467. The molecule has 2 N–H and O–H groups in total. The second-order valence-corrected chi connectivity index (χ2v) is 8.61. The number of nitrogens with one attached hydrogen (secondary N) is 1. The fourth-order valence-electron chi connectivity index (χ4n) is 4.52. The van der Waals surface area contributed by atoms with Gasteiger partial charge in [-0.2, -0.15) is 4.98 Å². The summed E-state index contributed by atoms with van der Waals surface area (Å²) in [6.45, 7) is 4.66. The molecule has 5 rings (SSSR count). The molecule has 0 amide bonds. The maximum Gasteiger partial charge on any atom is 0.258 e. The molecule has 1 saturated carbocycles. The Balaban J connectivity index is 1.45. The lowest BCUT2D eigenvalue weighted by molar-refractivity contribution is 0.242. The second-order valence-electron chi connectivity index (χ2n) is 8.20. The Morgan fingerprint density at radius 3 is 2.93 bits per heavy atom. The van der Waals surface area contributed by atoms with Crippen LogP contribution in [0.25, 0.3) is 22.8 Å². The Morgan fingerprint density at radius 1 is 1.30 bits per heavy atom. The van der Waals surface area contributed by atoms with Crippen LogP contribution in [-0.4, -0.2) is 34.5 Å². The van der Waals surface area contributed by atoms with Gasteiger partial charge in [-0.05, 0) is 61.4 Å². The number of rotatable bonds is 7. The molecule has 0 aliphatic heterocycles. The van der Waals surface area contributed by atoms with E-state index < -0.39 is 0 Å². The van der Waals surface area contributed by atoms with Gasteiger partial charge in [-0.3, -0.25) is 0 Å². The van der Waals surface area contributed by atoms with Crippen LogP contribution in [0, 0.1) is 5.92 Å². The molecule has 1 fully saturated rings. The van der Waals surface area contributed by atoms with Gasteiger partial charge in [0.25, 0.3) is 5.89 Å². The van der Waals surface area contributed by atoms with E-state index in [0.29, 0.717) is 40.9 Å². The Hall–Kier alpha value is -2.41. The van der Waals surface area contributed by atoms with Gasteiger partial charge >= 0.3 is 0 Å². The summed E-state index contributed by atoms with van der Waals surface area (Å²) in [5.74, 6) is 2.77. The fraction of sp³-hybridized carbons (Fsp3) is 0.391. The quantitative estimate of drug-likeness (QED) is 0.576. The van der Waals surface area contributed by atoms with E-state index in [1.807, 2.05) is 32.0 Å². The smallest absolute Gasteiger partial charge is 0.258 e. The van der Waals surface area contributed by atoms with Crippen molar-refractivity contribution >= 4 is 11.6 Å². The number of aromatic nitrogens is 2. The first kappa shape index (κ1) is 19.5. The molecule has 3 unspecified atom stereocenters. The zero-order valence-corrected chi connectivity index (χ0v) is 17.7. The molecule has 3 aromatic rings. The third-order valence-electron chi connectivity index (χ3n) is 5.80. The highest BCUT2D eigenvalue weighted by molar-refractivity contribution is 6.32. The lowest BCUT2D eigenvalue weighted by Crippen LogP contribution is -2.24. The molecule has 0 radical (unpaired) electrons. The summed E-state index contributed by atoms with van der Waals surface area (Å²) in [6, 6.07) is 12.0. The van der Waals surface area contributed by atoms with Gasteiger partial charge in [-0.1, -0.05) is 35.0 Å². The van der Waals surface area contributed by atoms with Gasteiger partial charge in [-0.15, -0.1) is 0 Å². The minimum Gasteiger partial charge on any atom is -0.489 e. The van der Waals surface area contributed by atoms with Crippen LogP contribution in [0.2, 0.25) is 5.02 Å². The average Bonchev–Trinajstić information content (AvgIpc) is 3.23. The van der Waals surface area contributed by atoms with Gasteiger partial charge in [0.2, 0.25) is 5.82 Å². The average molecular weight is 426 g/mol. The highest BCUT2D eigenvalue weighted by Crippen LogP contribution is 2.63. The SMILES string of the molecule is CC(C)Oc1ccc(-c2nc(-c3cccc4c3C3CC3C4NCCO)no2)cc1Cl. The van der Waals surface area contributed by atoms with Crippen molar-refractivity contribution in [1.82, 2.24) is 15.5 Å². The predicted molar refractivity (Wildman–Crippen MR) is 115 cm³/mol. The molecule has 0 spiro atoms. The number of benzene rings is 2. The van der Waals surface area contributed by atoms with Crippen LogP contribution in [0.1, 0.15) is 43.4 Å². The van der Waals surface area contributed by atoms with Crippen molar-refractivity contribution in [1.29, 1.82) is 0 Å². The van der Waals surface area contributed by atoms with Crippen molar-refractivity contribution in [3.8, 4) is 28.6 Å². The summed E-state index contributed by atoms with van der Waals surface area (Å²) >= 11 is 6.37. The lowest BCUT2D eigenvalue weighted by atomic mass is 9.97. The van der Waals surface area contributed by atoms with E-state index in [1.54, 1.807) is 6.07 Å². The summed E-state index contributed by atoms with van der Waals surface area (Å²) in [5, 5.41) is 17.4. The first-order valence-corrected chi connectivity index (χ1v) is 10.7. The fourth-order valence-corrected chi connectivity index (χ4v) is 4.75. The Morgan fingerprint density at radius 2 is 2.17 bits per heavy atom. The molecule has 0 bridgehead atoms. The summed E-state index contributed by atoms with van der Waals surface area (Å²) in [4.78, 5) is 4.66. The number of halogens is 1. The van der Waals surface area contributed by atoms with Crippen molar-refractivity contribution in [2.24, 2.45) is 5.92 Å². The number of hydrogen-bond donors (Lipinski definition) is 2. The lowest BCUT2D eigenvalue weighted by Gasteiger charge is -2.17. The monoisotopic (exact) mass is 425 g/mol. The molecule has 1 aromatic heterocycles. The Kier molecular flexibility index (Phi) is 5.01. The normalized spacial score (nSPS) is 21.6. The van der Waals surface area contributed by atoms with E-state index in [2.05, 4.69) is 27.6 Å². The minimum atomic E-state index is 0.0467. The molecule has 1 heterocycles. The zero-order chi connectivity index (χ0) is 20.8. The third kappa shape index (κ3) is 3.39. The van der Waals surface area contributed by atoms with E-state index in [0.717, 1.165) is 17.5 Å². The highest BCUT2D eigenvalue weighted by Gasteiger charge is 2.52. The van der Waals surface area contributed by atoms with Crippen molar-refractivity contribution < 1.29 is 14.4 Å². The van der Waals surface area contributed by atoms with E-state index >= 15 is 0 Å². The predicted octanol–water partition coefficient (Wildman–Crippen LogP) is 4.58. The Labute approximate surface area is 180 Å². The third-order valence-corrected chi connectivity index (χ3v) is 6.09. The van der Waals surface area contributed by atoms with E-state index in [4.69, 9.17) is 20.9 Å². The highest BCUT2D eigenvalue weighted by atomic mass is 35.5. The number of nitrogens with zero attached hydrogens (tertiary/aromatic N) is 2. The molecule has 0 saturated heterocycles. The molecular formula is C23H24ClN3O3. The van der Waals surface area contributed by atoms with Crippen LogP contribution in [0.3, 0.4) is 0 Å². The number of aliphatic hydroxyl groups excluding tert-OH is 1. The van der Waals surface area contributed by atoms with Gasteiger partial charge in [-0.25, -0.2) is 0 Å². The van der Waals surface area contributed by atoms with Crippen molar-refractivity contribution in [2.75, 3.05) is 13.2 Å². The van der Waals surface area contributed by atoms with Crippen LogP contribution in [0.5, 0.6) is 5.75 Å². The molecule has 2 aliphatic carbocycles. The standard InChI is InChI=1S/C23H24ClN3O3/c1-12(2)29-19-7-6-13(10-18(19)24)23-26-22(27-30-23)15-5-3-4-14-20(15)16-11-17(16)21(14)25-8-9-28/h3-7,10,12,16-17,21,25,28H,8-9,11H2,1-2H3. The number of hydrogen-bond acceptors (Lipinski definition) is 6. The number of aliphatic hydroxyl groups is 1. The maximum absolute atomic E-state index is 9.19. The number of fused-ring (bicyclic) bond motifs is 3. The maximum atomic E-state index is 9.19. The van der Waals surface area contributed by atoms with E-state index in [-0.39, 0.29) is 18.8 Å². The summed E-state index contributed by atoms with van der Waals surface area (Å²) in [6.07, 6.45) is 1.20. The molecule has 7 heteroatoms. The van der Waals surface area contributed by atoms with Crippen LogP contribution in [0.15, 0.2) is 40.9 Å². The zero-order valence-electron chi connectivity index (χ0n) is 16.9. The van der Waals surface area contributed by atoms with Gasteiger partial charge in [0.15, 0.2) is 0 Å². The van der Waals surface area contributed by atoms with Crippen molar-refractivity contribution in [3.63, 3.8) is 0 Å². The topological polar surface area (TPSA) is 80.4 Å². The first-order valence-electron chi connectivity index (χ1n) is 10.3. The molecule has 30 heavy (non-hydrogen) atoms. The van der Waals surface area contributed by atoms with Gasteiger partial charge < -0.3 is 19.7 Å². The van der Waals surface area contributed by atoms with Gasteiger partial charge in [0.05, 0.1) is 17.7 Å². The molecule has 3 atom stereocenters. The summed E-state index contributed by atoms with van der Waals surface area (Å²) < 4.78 is 11.3. The second kappa shape index (κ2) is 7.69. The molecular weight excluding hydrogens is 402 g/mol. The van der Waals surface area contributed by atoms with Crippen LogP contribution >= 0.6 is 11.6 Å². The Bertz CT molecular complexity index is 1080. The van der Waals surface area contributed by atoms with Gasteiger partial charge in [0.1, 0.15) is 5.75 Å². The van der Waals surface area contributed by atoms with Crippen molar-refractivity contribution in [3.05, 3.63) is 52.5 Å². The largest absolute Gasteiger partial charge is 0.489 e. The van der Waals surface area contributed by atoms with Crippen LogP contribution in [0.4, 0.5) is 0 Å². The van der Waals surface area contributed by atoms with Gasteiger partial charge in [0, 0.05) is 23.7 Å². The van der Waals surface area contributed by atoms with Crippen molar-refractivity contribution in [2.45, 2.75) is 38.3 Å². The van der Waals surface area contributed by atoms with E-state index in [1.165, 1.54) is 11.1 Å². The summed E-state index contributed by atoms with van der Waals surface area (Å²) in [7, 11) is 0. The molecule has 6 nitrogen and oxygen atoms in total. The van der Waals surface area contributed by atoms with Crippen LogP contribution in [-0.2, 0) is 0 Å². The molecule has 2 aliphatic rings. The molecule has 156 valence electrons. The number of ether oxygens (including phenoxy) is 1.